The van der Waals surface area contributed by atoms with E-state index in [0.717, 1.165) is 11.1 Å². The van der Waals surface area contributed by atoms with Gasteiger partial charge in [-0.1, -0.05) is 24.3 Å². The summed E-state index contributed by atoms with van der Waals surface area (Å²) in [5.74, 6) is -2.86. The summed E-state index contributed by atoms with van der Waals surface area (Å²) in [6, 6.07) is 11.9. The number of carbonyl (C=O) groups is 3. The predicted molar refractivity (Wildman–Crippen MR) is 124 cm³/mol. The monoisotopic (exact) mass is 480 g/mol. The van der Waals surface area contributed by atoms with E-state index in [1.54, 1.807) is 43.0 Å². The highest BCUT2D eigenvalue weighted by molar-refractivity contribution is 5.92. The largest absolute Gasteiger partial charge is 0.480 e. The molecule has 0 saturated carbocycles. The summed E-state index contributed by atoms with van der Waals surface area (Å²) in [7, 11) is 0. The van der Waals surface area contributed by atoms with Gasteiger partial charge in [0.15, 0.2) is 0 Å². The molecule has 0 bridgehead atoms. The van der Waals surface area contributed by atoms with E-state index >= 15 is 0 Å². The molecule has 182 valence electrons. The Hall–Kier alpha value is -4.18. The van der Waals surface area contributed by atoms with Crippen molar-refractivity contribution in [2.45, 2.75) is 33.0 Å². The third kappa shape index (κ3) is 6.90. The van der Waals surface area contributed by atoms with Crippen molar-refractivity contribution in [1.82, 2.24) is 20.2 Å². The van der Waals surface area contributed by atoms with Crippen LogP contribution in [0.1, 0.15) is 56.2 Å². The van der Waals surface area contributed by atoms with E-state index < -0.39 is 17.8 Å². The number of rotatable bonds is 10. The molecule has 0 spiro atoms. The van der Waals surface area contributed by atoms with Crippen LogP contribution >= 0.6 is 0 Å². The molecular formula is C25H25FN4O5. The zero-order valence-corrected chi connectivity index (χ0v) is 19.2. The summed E-state index contributed by atoms with van der Waals surface area (Å²) in [4.78, 5) is 45.0. The summed E-state index contributed by atoms with van der Waals surface area (Å²) >= 11 is 0. The van der Waals surface area contributed by atoms with Gasteiger partial charge in [0.05, 0.1) is 17.8 Å². The summed E-state index contributed by atoms with van der Waals surface area (Å²) < 4.78 is 13.4. The second-order valence-corrected chi connectivity index (χ2v) is 8.06. The topological polar surface area (TPSA) is 133 Å². The molecule has 0 fully saturated rings. The molecular weight excluding hydrogens is 455 g/mol. The zero-order chi connectivity index (χ0) is 25.5. The van der Waals surface area contributed by atoms with Crippen molar-refractivity contribution in [2.24, 2.45) is 0 Å². The molecule has 35 heavy (non-hydrogen) atoms. The number of aliphatic carboxylic acids is 1. The molecule has 10 heteroatoms. The van der Waals surface area contributed by atoms with Crippen molar-refractivity contribution in [3.05, 3.63) is 94.3 Å². The maximum Gasteiger partial charge on any atom is 0.335 e. The number of nitrogens with one attached hydrogen (secondary N) is 1. The smallest absolute Gasteiger partial charge is 0.335 e. The number of aryl methyl sites for hydroxylation is 1. The van der Waals surface area contributed by atoms with Crippen molar-refractivity contribution >= 4 is 17.8 Å². The van der Waals surface area contributed by atoms with E-state index in [2.05, 4.69) is 15.3 Å². The Morgan fingerprint density at radius 1 is 1.06 bits per heavy atom. The summed E-state index contributed by atoms with van der Waals surface area (Å²) in [5, 5.41) is 21.2. The van der Waals surface area contributed by atoms with Gasteiger partial charge in [-0.05, 0) is 54.8 Å². The fraction of sp³-hybridized carbons (Fsp3) is 0.240. The number of amides is 1. The number of benzene rings is 2. The number of hydrogen-bond donors (Lipinski definition) is 3. The molecule has 0 aliphatic heterocycles. The van der Waals surface area contributed by atoms with Crippen LogP contribution in [0.25, 0.3) is 0 Å². The van der Waals surface area contributed by atoms with E-state index in [-0.39, 0.29) is 42.8 Å². The number of carbonyl (C=O) groups excluding carboxylic acids is 1. The Labute approximate surface area is 201 Å². The number of carboxylic acids is 2. The molecule has 9 nitrogen and oxygen atoms in total. The Bertz CT molecular complexity index is 1230. The minimum atomic E-state index is -1.05. The molecule has 0 unspecified atom stereocenters. The van der Waals surface area contributed by atoms with Crippen LogP contribution in [0.15, 0.2) is 54.9 Å². The number of hydrogen-bond acceptors (Lipinski definition) is 6. The molecule has 0 radical (unpaired) electrons. The van der Waals surface area contributed by atoms with Gasteiger partial charge in [0.2, 0.25) is 0 Å². The Morgan fingerprint density at radius 2 is 1.77 bits per heavy atom. The Morgan fingerprint density at radius 3 is 2.40 bits per heavy atom. The molecule has 3 rings (SSSR count). The molecule has 1 aromatic heterocycles. The molecule has 3 aromatic rings. The lowest BCUT2D eigenvalue weighted by atomic mass is 10.0. The fourth-order valence-corrected chi connectivity index (χ4v) is 3.52. The van der Waals surface area contributed by atoms with Gasteiger partial charge in [-0.2, -0.15) is 0 Å². The van der Waals surface area contributed by atoms with Crippen LogP contribution in [-0.4, -0.2) is 49.5 Å². The van der Waals surface area contributed by atoms with E-state index in [4.69, 9.17) is 5.11 Å². The first-order chi connectivity index (χ1) is 16.6. The van der Waals surface area contributed by atoms with Crippen LogP contribution in [0.4, 0.5) is 4.39 Å². The summed E-state index contributed by atoms with van der Waals surface area (Å²) in [6.07, 6.45) is 1.23. The quantitative estimate of drug-likeness (QED) is 0.403. The van der Waals surface area contributed by atoms with Crippen LogP contribution in [0.3, 0.4) is 0 Å². The van der Waals surface area contributed by atoms with Crippen molar-refractivity contribution in [1.29, 1.82) is 0 Å². The van der Waals surface area contributed by atoms with Crippen molar-refractivity contribution in [2.75, 3.05) is 6.54 Å². The number of carboxylic acid groups (broad SMARTS) is 2. The fourth-order valence-electron chi connectivity index (χ4n) is 3.52. The van der Waals surface area contributed by atoms with Gasteiger partial charge in [0.1, 0.15) is 17.8 Å². The van der Waals surface area contributed by atoms with Gasteiger partial charge in [0.25, 0.3) is 5.91 Å². The molecule has 2 aromatic carbocycles. The van der Waals surface area contributed by atoms with Crippen LogP contribution in [0.5, 0.6) is 0 Å². The highest BCUT2D eigenvalue weighted by atomic mass is 19.1. The Kier molecular flexibility index (Phi) is 8.21. The standard InChI is InChI=1S/C25H25FN4O5/c1-15-9-17(3-8-21(15)26)11-27-24(33)22-10-20(28-14-29-22)12-30(13-23(31)32)16(2)18-4-6-19(7-5-18)25(34)35/h3-10,14,16H,11-13H2,1-2H3,(H,27,33)(H,31,32)(H,34,35)/t16-/m1/s1. The van der Waals surface area contributed by atoms with Gasteiger partial charge in [-0.3, -0.25) is 14.5 Å². The lowest BCUT2D eigenvalue weighted by molar-refractivity contribution is -0.139. The first-order valence-electron chi connectivity index (χ1n) is 10.8. The summed E-state index contributed by atoms with van der Waals surface area (Å²) in [5.41, 5.74) is 2.64. The van der Waals surface area contributed by atoms with Crippen LogP contribution in [-0.2, 0) is 17.9 Å². The van der Waals surface area contributed by atoms with Crippen LogP contribution in [0, 0.1) is 12.7 Å². The van der Waals surface area contributed by atoms with Gasteiger partial charge < -0.3 is 15.5 Å². The molecule has 1 heterocycles. The first-order valence-corrected chi connectivity index (χ1v) is 10.8. The first kappa shape index (κ1) is 25.4. The average Bonchev–Trinajstić information content (AvgIpc) is 2.83. The van der Waals surface area contributed by atoms with Crippen molar-refractivity contribution in [3.8, 4) is 0 Å². The number of nitrogens with zero attached hydrogens (tertiary/aromatic N) is 3. The predicted octanol–water partition coefficient (Wildman–Crippen LogP) is 3.20. The van der Waals surface area contributed by atoms with Crippen LogP contribution < -0.4 is 5.32 Å². The maximum absolute atomic E-state index is 13.4. The minimum absolute atomic E-state index is 0.113. The van der Waals surface area contributed by atoms with E-state index in [0.29, 0.717) is 11.3 Å². The van der Waals surface area contributed by atoms with Gasteiger partial charge in [0, 0.05) is 19.1 Å². The van der Waals surface area contributed by atoms with E-state index in [1.165, 1.54) is 30.6 Å². The lowest BCUT2D eigenvalue weighted by Gasteiger charge is -2.27. The highest BCUT2D eigenvalue weighted by Gasteiger charge is 2.21. The molecule has 0 saturated heterocycles. The molecule has 1 atom stereocenters. The molecule has 1 amide bonds. The SMILES string of the molecule is Cc1cc(CNC(=O)c2cc(CN(CC(=O)O)[C@H](C)c3ccc(C(=O)O)cc3)ncn2)ccc1F. The number of halogens is 1. The third-order valence-corrected chi connectivity index (χ3v) is 5.52. The number of aromatic nitrogens is 2. The highest BCUT2D eigenvalue weighted by Crippen LogP contribution is 2.22. The molecule has 0 aliphatic rings. The number of aromatic carboxylic acids is 1. The lowest BCUT2D eigenvalue weighted by Crippen LogP contribution is -2.32. The van der Waals surface area contributed by atoms with Gasteiger partial charge in [-0.25, -0.2) is 19.2 Å². The minimum Gasteiger partial charge on any atom is -0.480 e. The molecule has 3 N–H and O–H groups in total. The average molecular weight is 480 g/mol. The van der Waals surface area contributed by atoms with Crippen molar-refractivity contribution in [3.63, 3.8) is 0 Å². The van der Waals surface area contributed by atoms with Crippen LogP contribution in [0.2, 0.25) is 0 Å². The normalized spacial score (nSPS) is 11.8. The van der Waals surface area contributed by atoms with Gasteiger partial charge in [-0.15, -0.1) is 0 Å². The maximum atomic E-state index is 13.4. The summed E-state index contributed by atoms with van der Waals surface area (Å²) in [6.45, 7) is 3.46. The Balaban J connectivity index is 1.72. The second-order valence-electron chi connectivity index (χ2n) is 8.06. The van der Waals surface area contributed by atoms with Crippen molar-refractivity contribution < 1.29 is 29.0 Å². The van der Waals surface area contributed by atoms with Gasteiger partial charge >= 0.3 is 11.9 Å². The van der Waals surface area contributed by atoms with E-state index in [1.807, 2.05) is 0 Å². The third-order valence-electron chi connectivity index (χ3n) is 5.52. The van der Waals surface area contributed by atoms with E-state index in [9.17, 15) is 23.9 Å². The zero-order valence-electron chi connectivity index (χ0n) is 19.2. The second kappa shape index (κ2) is 11.3. The molecule has 0 aliphatic carbocycles.